The topological polar surface area (TPSA) is 26.3 Å². The molecule has 2 nitrogen and oxygen atoms in total. The average Bonchev–Trinajstić information content (AvgIpc) is 2.68. The van der Waals surface area contributed by atoms with Crippen LogP contribution in [0.25, 0.3) is 0 Å². The summed E-state index contributed by atoms with van der Waals surface area (Å²) in [4.78, 5) is 12.7. The van der Waals surface area contributed by atoms with E-state index in [4.69, 9.17) is 4.74 Å². The Morgan fingerprint density at radius 3 is 2.19 bits per heavy atom. The lowest BCUT2D eigenvalue weighted by molar-refractivity contribution is -0.151. The number of fused-ring (bicyclic) bond motifs is 1. The van der Waals surface area contributed by atoms with E-state index in [0.29, 0.717) is 35.0 Å². The zero-order valence-corrected chi connectivity index (χ0v) is 19.3. The van der Waals surface area contributed by atoms with Crippen LogP contribution < -0.4 is 0 Å². The van der Waals surface area contributed by atoms with Crippen LogP contribution in [-0.2, 0) is 9.53 Å². The first-order valence-corrected chi connectivity index (χ1v) is 11.2. The summed E-state index contributed by atoms with van der Waals surface area (Å²) in [6.45, 7) is 23.6. The Bertz CT molecular complexity index is 551. The molecular formula is C25H44O2. The quantitative estimate of drug-likeness (QED) is 0.408. The minimum absolute atomic E-state index is 0.0627. The molecule has 0 aromatic heterocycles. The third-order valence-electron chi connectivity index (χ3n) is 9.83. The van der Waals surface area contributed by atoms with Gasteiger partial charge in [-0.05, 0) is 65.1 Å². The van der Waals surface area contributed by atoms with Gasteiger partial charge in [0.25, 0.3) is 0 Å². The number of hydrogen-bond acceptors (Lipinski definition) is 2. The second kappa shape index (κ2) is 7.91. The van der Waals surface area contributed by atoms with Gasteiger partial charge in [-0.1, -0.05) is 67.9 Å². The van der Waals surface area contributed by atoms with Crippen molar-refractivity contribution in [2.24, 2.45) is 58.2 Å². The van der Waals surface area contributed by atoms with Crippen LogP contribution >= 0.6 is 0 Å². The number of rotatable bonds is 4. The summed E-state index contributed by atoms with van der Waals surface area (Å²) in [5.41, 5.74) is 0.361. The summed E-state index contributed by atoms with van der Waals surface area (Å²) in [7, 11) is 1.51. The van der Waals surface area contributed by atoms with Gasteiger partial charge >= 0.3 is 5.97 Å². The molecule has 0 amide bonds. The Morgan fingerprint density at radius 1 is 1.11 bits per heavy atom. The molecule has 0 aromatic carbocycles. The zero-order valence-electron chi connectivity index (χ0n) is 19.3. The molecule has 0 heterocycles. The van der Waals surface area contributed by atoms with Crippen molar-refractivity contribution in [1.82, 2.24) is 0 Å². The highest BCUT2D eigenvalue weighted by atomic mass is 16.5. The lowest BCUT2D eigenvalue weighted by Gasteiger charge is -2.58. The predicted octanol–water partition coefficient (Wildman–Crippen LogP) is 6.60. The van der Waals surface area contributed by atoms with Gasteiger partial charge in [0.15, 0.2) is 0 Å². The van der Waals surface area contributed by atoms with E-state index in [1.54, 1.807) is 0 Å². The van der Waals surface area contributed by atoms with E-state index in [-0.39, 0.29) is 23.2 Å². The highest BCUT2D eigenvalue weighted by Gasteiger charge is 2.61. The molecule has 2 heteroatoms. The fourth-order valence-electron chi connectivity index (χ4n) is 7.80. The number of methoxy groups -OCH3 is 1. The fourth-order valence-corrected chi connectivity index (χ4v) is 7.80. The third-order valence-corrected chi connectivity index (χ3v) is 9.83. The van der Waals surface area contributed by atoms with Gasteiger partial charge in [-0.25, -0.2) is 0 Å². The monoisotopic (exact) mass is 376 g/mol. The molecule has 2 aliphatic rings. The van der Waals surface area contributed by atoms with E-state index in [1.165, 1.54) is 26.4 Å². The number of carbonyl (C=O) groups excluding carboxylic acids is 1. The van der Waals surface area contributed by atoms with Gasteiger partial charge in [-0.3, -0.25) is 4.79 Å². The number of ether oxygens (including phenoxy) is 1. The Kier molecular flexibility index (Phi) is 6.59. The molecule has 0 bridgehead atoms. The molecule has 0 aromatic rings. The highest BCUT2D eigenvalue weighted by molar-refractivity contribution is 5.74. The molecule has 0 radical (unpaired) electrons. The van der Waals surface area contributed by atoms with Crippen LogP contribution in [0.4, 0.5) is 0 Å². The van der Waals surface area contributed by atoms with Gasteiger partial charge in [0.1, 0.15) is 0 Å². The van der Waals surface area contributed by atoms with Crippen molar-refractivity contribution in [2.45, 2.75) is 74.7 Å². The van der Waals surface area contributed by atoms with Crippen molar-refractivity contribution in [2.75, 3.05) is 7.11 Å². The molecule has 156 valence electrons. The molecule has 2 aliphatic carbocycles. The van der Waals surface area contributed by atoms with Crippen LogP contribution in [0.5, 0.6) is 0 Å². The lowest BCUT2D eigenvalue weighted by Crippen LogP contribution is -2.52. The van der Waals surface area contributed by atoms with Crippen molar-refractivity contribution in [1.29, 1.82) is 0 Å². The second-order valence-corrected chi connectivity index (χ2v) is 10.6. The Labute approximate surface area is 168 Å². The molecule has 0 N–H and O–H groups in total. The maximum absolute atomic E-state index is 12.7. The molecule has 27 heavy (non-hydrogen) atoms. The van der Waals surface area contributed by atoms with Gasteiger partial charge in [0.2, 0.25) is 0 Å². The molecule has 9 atom stereocenters. The molecule has 3 unspecified atom stereocenters. The van der Waals surface area contributed by atoms with E-state index < -0.39 is 0 Å². The smallest absolute Gasteiger partial charge is 0.312 e. The lowest BCUT2D eigenvalue weighted by atomic mass is 9.46. The maximum Gasteiger partial charge on any atom is 0.312 e. The van der Waals surface area contributed by atoms with Gasteiger partial charge < -0.3 is 4.74 Å². The summed E-state index contributed by atoms with van der Waals surface area (Å²) < 4.78 is 5.21. The van der Waals surface area contributed by atoms with E-state index in [0.717, 1.165) is 5.92 Å². The third kappa shape index (κ3) is 3.29. The Balaban J connectivity index is 2.63. The molecule has 0 spiro atoms. The van der Waals surface area contributed by atoms with Crippen molar-refractivity contribution in [3.05, 3.63) is 12.7 Å². The van der Waals surface area contributed by atoms with Crippen molar-refractivity contribution >= 4 is 5.97 Å². The fraction of sp³-hybridized carbons (Fsp3) is 0.880. The van der Waals surface area contributed by atoms with Crippen LogP contribution in [0.1, 0.15) is 74.7 Å². The Morgan fingerprint density at radius 2 is 1.70 bits per heavy atom. The highest BCUT2D eigenvalue weighted by Crippen LogP contribution is 2.66. The average molecular weight is 377 g/mol. The molecule has 2 saturated carbocycles. The van der Waals surface area contributed by atoms with Crippen LogP contribution in [0.15, 0.2) is 12.7 Å². The first-order chi connectivity index (χ1) is 12.5. The normalized spacial score (nSPS) is 45.3. The van der Waals surface area contributed by atoms with Gasteiger partial charge in [-0.2, -0.15) is 0 Å². The largest absolute Gasteiger partial charge is 0.469 e. The van der Waals surface area contributed by atoms with E-state index in [1.807, 2.05) is 6.08 Å². The molecule has 0 saturated heterocycles. The summed E-state index contributed by atoms with van der Waals surface area (Å²) in [6.07, 6.45) is 5.73. The van der Waals surface area contributed by atoms with Gasteiger partial charge in [0, 0.05) is 0 Å². The van der Waals surface area contributed by atoms with Crippen LogP contribution in [0.2, 0.25) is 0 Å². The first kappa shape index (κ1) is 22.5. The zero-order chi connectivity index (χ0) is 20.7. The van der Waals surface area contributed by atoms with Crippen molar-refractivity contribution < 1.29 is 9.53 Å². The SMILES string of the molecule is C=CC(C(=O)OC)[C@H]1[C@H](C)[C@@H](C)[C@H](C)[C@]2(C)C(C)[C@@H](CC)CCC2C1(C)C. The number of esters is 1. The van der Waals surface area contributed by atoms with E-state index in [9.17, 15) is 4.79 Å². The first-order valence-electron chi connectivity index (χ1n) is 11.2. The molecular weight excluding hydrogens is 332 g/mol. The summed E-state index contributed by atoms with van der Waals surface area (Å²) in [5, 5.41) is 0. The van der Waals surface area contributed by atoms with E-state index in [2.05, 4.69) is 62.0 Å². The minimum Gasteiger partial charge on any atom is -0.469 e. The minimum atomic E-state index is -0.226. The van der Waals surface area contributed by atoms with Gasteiger partial charge in [0.05, 0.1) is 13.0 Å². The van der Waals surface area contributed by atoms with Crippen molar-refractivity contribution in [3.63, 3.8) is 0 Å². The molecule has 2 rings (SSSR count). The molecule has 0 aliphatic heterocycles. The van der Waals surface area contributed by atoms with Crippen LogP contribution in [0.3, 0.4) is 0 Å². The summed E-state index contributed by atoms with van der Waals surface area (Å²) >= 11 is 0. The predicted molar refractivity (Wildman–Crippen MR) is 114 cm³/mol. The number of hydrogen-bond donors (Lipinski definition) is 0. The Hall–Kier alpha value is -0.790. The molecule has 2 fully saturated rings. The standard InChI is InChI=1S/C25H44O2/c1-11-19-13-14-21-24(7,8)22(20(12-2)23(26)27-10)16(4)15(3)17(5)25(21,9)18(19)6/h12,15-22H,2,11,13-14H2,1,3-10H3/t15-,16-,17+,18?,19+,20?,21?,22-,25-/m1/s1. The number of carbonyl (C=O) groups is 1. The van der Waals surface area contributed by atoms with E-state index >= 15 is 0 Å². The van der Waals surface area contributed by atoms with Gasteiger partial charge in [-0.15, -0.1) is 6.58 Å². The van der Waals surface area contributed by atoms with Crippen LogP contribution in [-0.4, -0.2) is 13.1 Å². The van der Waals surface area contributed by atoms with Crippen molar-refractivity contribution in [3.8, 4) is 0 Å². The maximum atomic E-state index is 12.7. The van der Waals surface area contributed by atoms with Crippen LogP contribution in [0, 0.1) is 58.2 Å². The summed E-state index contributed by atoms with van der Waals surface area (Å²) in [5.74, 6) is 3.71. The second-order valence-electron chi connectivity index (χ2n) is 10.6. The summed E-state index contributed by atoms with van der Waals surface area (Å²) in [6, 6.07) is 0.